The van der Waals surface area contributed by atoms with E-state index in [1.807, 2.05) is 37.6 Å². The summed E-state index contributed by atoms with van der Waals surface area (Å²) in [5.74, 6) is 1.84. The van der Waals surface area contributed by atoms with Crippen LogP contribution in [0.2, 0.25) is 0 Å². The maximum atomic E-state index is 10.8. The number of pyridine rings is 1. The lowest BCUT2D eigenvalue weighted by Crippen LogP contribution is -2.58. The molecule has 2 atom stereocenters. The Kier molecular flexibility index (Phi) is 5.61. The summed E-state index contributed by atoms with van der Waals surface area (Å²) in [5.41, 5.74) is 1.11. The van der Waals surface area contributed by atoms with Crippen molar-refractivity contribution >= 4 is 5.82 Å². The van der Waals surface area contributed by atoms with E-state index in [4.69, 9.17) is 0 Å². The van der Waals surface area contributed by atoms with Gasteiger partial charge in [-0.25, -0.2) is 15.0 Å². The molecule has 0 saturated carbocycles. The molecule has 0 bridgehead atoms. The van der Waals surface area contributed by atoms with Crippen molar-refractivity contribution in [1.29, 1.82) is 0 Å². The van der Waals surface area contributed by atoms with Crippen LogP contribution in [0.15, 0.2) is 36.8 Å². The minimum atomic E-state index is -0.313. The van der Waals surface area contributed by atoms with E-state index < -0.39 is 0 Å². The molecule has 2 aliphatic rings. The Labute approximate surface area is 160 Å². The summed E-state index contributed by atoms with van der Waals surface area (Å²) >= 11 is 0. The molecule has 144 valence electrons. The Balaban J connectivity index is 1.28. The largest absolute Gasteiger partial charge is 0.390 e. The van der Waals surface area contributed by atoms with Crippen LogP contribution in [0.25, 0.3) is 0 Å². The number of aryl methyl sites for hydroxylation is 1. The van der Waals surface area contributed by atoms with Crippen molar-refractivity contribution < 1.29 is 5.11 Å². The number of β-amino-alcohol motifs (C(OH)–C–C–N with tert-alkyl or cyclic N) is 1. The summed E-state index contributed by atoms with van der Waals surface area (Å²) in [7, 11) is 0. The fourth-order valence-corrected chi connectivity index (χ4v) is 4.14. The summed E-state index contributed by atoms with van der Waals surface area (Å²) < 4.78 is 0. The van der Waals surface area contributed by atoms with Crippen molar-refractivity contribution in [2.24, 2.45) is 0 Å². The van der Waals surface area contributed by atoms with Gasteiger partial charge in [0.05, 0.1) is 6.10 Å². The van der Waals surface area contributed by atoms with E-state index in [0.29, 0.717) is 6.54 Å². The molecule has 2 saturated heterocycles. The lowest BCUT2D eigenvalue weighted by Gasteiger charge is -2.45. The third kappa shape index (κ3) is 4.43. The maximum Gasteiger partial charge on any atom is 0.128 e. The molecule has 2 aliphatic heterocycles. The topological polar surface area (TPSA) is 68.6 Å². The minimum absolute atomic E-state index is 0.251. The summed E-state index contributed by atoms with van der Waals surface area (Å²) in [4.78, 5) is 20.1. The maximum absolute atomic E-state index is 10.8. The molecule has 1 N–H and O–H groups in total. The Morgan fingerprint density at radius 3 is 2.48 bits per heavy atom. The Hall–Kier alpha value is -2.09. The smallest absolute Gasteiger partial charge is 0.128 e. The molecule has 4 rings (SSSR count). The van der Waals surface area contributed by atoms with Gasteiger partial charge in [0.1, 0.15) is 11.6 Å². The molecular weight excluding hydrogens is 340 g/mol. The first-order valence-corrected chi connectivity index (χ1v) is 9.77. The zero-order valence-corrected chi connectivity index (χ0v) is 15.9. The molecule has 2 aromatic rings. The average molecular weight is 368 g/mol. The van der Waals surface area contributed by atoms with Gasteiger partial charge in [-0.05, 0) is 25.5 Å². The molecule has 0 aliphatic carbocycles. The summed E-state index contributed by atoms with van der Waals surface area (Å²) in [5, 5.41) is 10.8. The van der Waals surface area contributed by atoms with Crippen molar-refractivity contribution in [1.82, 2.24) is 24.8 Å². The van der Waals surface area contributed by atoms with Gasteiger partial charge in [-0.2, -0.15) is 0 Å². The van der Waals surface area contributed by atoms with Gasteiger partial charge in [0.15, 0.2) is 0 Å². The van der Waals surface area contributed by atoms with Crippen molar-refractivity contribution in [2.75, 3.05) is 44.2 Å². The van der Waals surface area contributed by atoms with Gasteiger partial charge in [0.2, 0.25) is 0 Å². The number of aliphatic hydroxyl groups excluding tert-OH is 1. The number of nitrogens with zero attached hydrogens (tertiary/aromatic N) is 6. The molecule has 0 unspecified atom stereocenters. The summed E-state index contributed by atoms with van der Waals surface area (Å²) in [6.07, 6.45) is 6.30. The fraction of sp³-hybridized carbons (Fsp3) is 0.550. The van der Waals surface area contributed by atoms with Crippen molar-refractivity contribution in [2.45, 2.75) is 32.0 Å². The molecular formula is C20H28N6O. The second-order valence-corrected chi connectivity index (χ2v) is 7.51. The van der Waals surface area contributed by atoms with E-state index in [2.05, 4.69) is 35.7 Å². The van der Waals surface area contributed by atoms with Crippen molar-refractivity contribution in [3.63, 3.8) is 0 Å². The van der Waals surface area contributed by atoms with Gasteiger partial charge in [-0.1, -0.05) is 6.07 Å². The van der Waals surface area contributed by atoms with Gasteiger partial charge in [-0.15, -0.1) is 0 Å². The first-order chi connectivity index (χ1) is 13.2. The second-order valence-electron chi connectivity index (χ2n) is 7.51. The lowest BCUT2D eigenvalue weighted by atomic mass is 9.99. The molecule has 7 nitrogen and oxygen atoms in total. The molecule has 0 amide bonds. The highest BCUT2D eigenvalue weighted by atomic mass is 16.3. The third-order valence-electron chi connectivity index (χ3n) is 5.63. The number of piperazine rings is 1. The van der Waals surface area contributed by atoms with E-state index in [1.165, 1.54) is 0 Å². The first-order valence-electron chi connectivity index (χ1n) is 9.77. The minimum Gasteiger partial charge on any atom is -0.390 e. The molecule has 0 spiro atoms. The van der Waals surface area contributed by atoms with E-state index in [9.17, 15) is 5.11 Å². The molecule has 2 aromatic heterocycles. The van der Waals surface area contributed by atoms with Gasteiger partial charge in [0.25, 0.3) is 0 Å². The van der Waals surface area contributed by atoms with Gasteiger partial charge >= 0.3 is 0 Å². The van der Waals surface area contributed by atoms with Gasteiger partial charge < -0.3 is 10.0 Å². The number of piperidine rings is 1. The monoisotopic (exact) mass is 368 g/mol. The SMILES string of the molecule is Cc1ncc(CN2CC[C@@H](N3CCN(c4ccccn4)CC3)[C@H](O)C2)cn1. The molecule has 7 heteroatoms. The average Bonchev–Trinajstić information content (AvgIpc) is 2.71. The fourth-order valence-electron chi connectivity index (χ4n) is 4.14. The van der Waals surface area contributed by atoms with Crippen LogP contribution < -0.4 is 4.90 Å². The number of rotatable bonds is 4. The normalized spacial score (nSPS) is 24.9. The van der Waals surface area contributed by atoms with Crippen LogP contribution >= 0.6 is 0 Å². The molecule has 27 heavy (non-hydrogen) atoms. The van der Waals surface area contributed by atoms with Crippen LogP contribution in [-0.4, -0.2) is 81.3 Å². The Morgan fingerprint density at radius 2 is 1.81 bits per heavy atom. The third-order valence-corrected chi connectivity index (χ3v) is 5.63. The zero-order chi connectivity index (χ0) is 18.6. The standard InChI is InChI=1S/C20H28N6O/c1-16-22-12-17(13-23-16)14-24-7-5-18(19(27)15-24)25-8-10-26(11-9-25)20-4-2-3-6-21-20/h2-4,6,12-13,18-19,27H,5,7-11,14-15H2,1H3/t18-,19-/m1/s1. The van der Waals surface area contributed by atoms with Crippen LogP contribution in [0.4, 0.5) is 5.82 Å². The van der Waals surface area contributed by atoms with Gasteiger partial charge in [0, 0.05) is 76.0 Å². The highest BCUT2D eigenvalue weighted by Gasteiger charge is 2.33. The molecule has 0 radical (unpaired) electrons. The Bertz CT molecular complexity index is 717. The number of hydrogen-bond acceptors (Lipinski definition) is 7. The van der Waals surface area contributed by atoms with Crippen LogP contribution in [0.3, 0.4) is 0 Å². The number of aliphatic hydroxyl groups is 1. The van der Waals surface area contributed by atoms with E-state index in [1.54, 1.807) is 0 Å². The number of likely N-dealkylation sites (tertiary alicyclic amines) is 1. The highest BCUT2D eigenvalue weighted by molar-refractivity contribution is 5.38. The number of aromatic nitrogens is 3. The zero-order valence-electron chi connectivity index (χ0n) is 15.9. The van der Waals surface area contributed by atoms with E-state index >= 15 is 0 Å². The van der Waals surface area contributed by atoms with E-state index in [-0.39, 0.29) is 12.1 Å². The van der Waals surface area contributed by atoms with Crippen LogP contribution in [0, 0.1) is 6.92 Å². The number of anilines is 1. The quantitative estimate of drug-likeness (QED) is 0.861. The Morgan fingerprint density at radius 1 is 1.04 bits per heavy atom. The van der Waals surface area contributed by atoms with Gasteiger partial charge in [-0.3, -0.25) is 9.80 Å². The second kappa shape index (κ2) is 8.29. The predicted octanol–water partition coefficient (Wildman–Crippen LogP) is 0.937. The van der Waals surface area contributed by atoms with Crippen LogP contribution in [0.5, 0.6) is 0 Å². The molecule has 2 fully saturated rings. The molecule has 4 heterocycles. The van der Waals surface area contributed by atoms with Crippen LogP contribution in [-0.2, 0) is 6.54 Å². The predicted molar refractivity (Wildman–Crippen MR) is 104 cm³/mol. The van der Waals surface area contributed by atoms with Crippen LogP contribution in [0.1, 0.15) is 17.8 Å². The summed E-state index contributed by atoms with van der Waals surface area (Å²) in [6, 6.07) is 6.30. The van der Waals surface area contributed by atoms with Crippen molar-refractivity contribution in [3.8, 4) is 0 Å². The van der Waals surface area contributed by atoms with E-state index in [0.717, 1.165) is 62.9 Å². The lowest BCUT2D eigenvalue weighted by molar-refractivity contribution is -0.0172. The van der Waals surface area contributed by atoms with Crippen molar-refractivity contribution in [3.05, 3.63) is 48.2 Å². The number of hydrogen-bond donors (Lipinski definition) is 1. The summed E-state index contributed by atoms with van der Waals surface area (Å²) in [6.45, 7) is 8.28. The highest BCUT2D eigenvalue weighted by Crippen LogP contribution is 2.21. The first kappa shape index (κ1) is 18.3. The molecule has 0 aromatic carbocycles.